The first kappa shape index (κ1) is 5.79. The molecule has 0 bridgehead atoms. The summed E-state index contributed by atoms with van der Waals surface area (Å²) in [5.41, 5.74) is 0. The number of hydrogen-bond acceptors (Lipinski definition) is 2. The SMILES string of the molecule is CO[CH]c1cccs1. The smallest absolute Gasteiger partial charge is 0.122 e. The molecule has 0 fully saturated rings. The summed E-state index contributed by atoms with van der Waals surface area (Å²) in [4.78, 5) is 1.16. The minimum absolute atomic E-state index is 1.16. The Kier molecular flexibility index (Phi) is 2.06. The highest BCUT2D eigenvalue weighted by molar-refractivity contribution is 7.10. The van der Waals surface area contributed by atoms with Crippen LogP contribution in [0.25, 0.3) is 0 Å². The Morgan fingerprint density at radius 3 is 3.12 bits per heavy atom. The standard InChI is InChI=1S/C6H7OS/c1-7-5-6-3-2-4-8-6/h2-5H,1H3. The molecule has 1 aromatic rings. The van der Waals surface area contributed by atoms with E-state index in [2.05, 4.69) is 0 Å². The molecular weight excluding hydrogens is 120 g/mol. The summed E-state index contributed by atoms with van der Waals surface area (Å²) in [5, 5.41) is 2.02. The topological polar surface area (TPSA) is 9.23 Å². The maximum absolute atomic E-state index is 4.77. The molecule has 1 aromatic heterocycles. The first-order valence-electron chi connectivity index (χ1n) is 2.33. The minimum atomic E-state index is 1.16. The average Bonchev–Trinajstić information content (AvgIpc) is 2.19. The highest BCUT2D eigenvalue weighted by Gasteiger charge is 1.88. The molecule has 0 aliphatic heterocycles. The van der Waals surface area contributed by atoms with E-state index in [0.717, 1.165) is 4.88 Å². The Morgan fingerprint density at radius 1 is 1.75 bits per heavy atom. The summed E-state index contributed by atoms with van der Waals surface area (Å²) in [6.07, 6.45) is 0. The Balaban J connectivity index is 2.50. The monoisotopic (exact) mass is 127 g/mol. The molecule has 1 heterocycles. The van der Waals surface area contributed by atoms with Crippen LogP contribution in [0.2, 0.25) is 0 Å². The van der Waals surface area contributed by atoms with Crippen molar-refractivity contribution in [2.75, 3.05) is 7.11 Å². The molecule has 0 aromatic carbocycles. The van der Waals surface area contributed by atoms with Gasteiger partial charge in [-0.25, -0.2) is 0 Å². The molecule has 0 spiro atoms. The van der Waals surface area contributed by atoms with Gasteiger partial charge in [-0.2, -0.15) is 0 Å². The Labute approximate surface area is 52.9 Å². The van der Waals surface area contributed by atoms with Crippen LogP contribution < -0.4 is 0 Å². The van der Waals surface area contributed by atoms with Crippen LogP contribution in [0, 0.1) is 6.61 Å². The van der Waals surface area contributed by atoms with Crippen LogP contribution in [0.3, 0.4) is 0 Å². The third kappa shape index (κ3) is 1.32. The lowest BCUT2D eigenvalue weighted by Gasteiger charge is -1.87. The molecule has 1 radical (unpaired) electrons. The Bertz CT molecular complexity index is 134. The lowest BCUT2D eigenvalue weighted by Crippen LogP contribution is -1.75. The van der Waals surface area contributed by atoms with Gasteiger partial charge >= 0.3 is 0 Å². The van der Waals surface area contributed by atoms with Gasteiger partial charge in [0.1, 0.15) is 6.61 Å². The van der Waals surface area contributed by atoms with Gasteiger partial charge in [0, 0.05) is 12.0 Å². The predicted octanol–water partition coefficient (Wildman–Crippen LogP) is 1.90. The van der Waals surface area contributed by atoms with E-state index in [9.17, 15) is 0 Å². The zero-order valence-electron chi connectivity index (χ0n) is 4.63. The van der Waals surface area contributed by atoms with Crippen molar-refractivity contribution in [2.24, 2.45) is 0 Å². The first-order valence-corrected chi connectivity index (χ1v) is 3.21. The lowest BCUT2D eigenvalue weighted by atomic mass is 10.5. The van der Waals surface area contributed by atoms with Crippen molar-refractivity contribution in [3.63, 3.8) is 0 Å². The van der Waals surface area contributed by atoms with Gasteiger partial charge in [-0.1, -0.05) is 6.07 Å². The van der Waals surface area contributed by atoms with Crippen molar-refractivity contribution in [1.82, 2.24) is 0 Å². The maximum Gasteiger partial charge on any atom is 0.122 e. The molecular formula is C6H7OS. The number of methoxy groups -OCH3 is 1. The summed E-state index contributed by atoms with van der Waals surface area (Å²) in [6, 6.07) is 4.00. The molecule has 0 N–H and O–H groups in total. The molecule has 2 heteroatoms. The van der Waals surface area contributed by atoms with E-state index in [1.54, 1.807) is 25.1 Å². The zero-order chi connectivity index (χ0) is 5.82. The highest BCUT2D eigenvalue weighted by atomic mass is 32.1. The number of ether oxygens (including phenoxy) is 1. The molecule has 0 aliphatic carbocycles. The third-order valence-electron chi connectivity index (χ3n) is 0.777. The third-order valence-corrected chi connectivity index (χ3v) is 1.57. The van der Waals surface area contributed by atoms with E-state index in [1.165, 1.54) is 0 Å². The Morgan fingerprint density at radius 2 is 2.62 bits per heavy atom. The van der Waals surface area contributed by atoms with Crippen molar-refractivity contribution in [3.8, 4) is 0 Å². The number of thiophene rings is 1. The van der Waals surface area contributed by atoms with Crippen LogP contribution in [-0.2, 0) is 4.74 Å². The summed E-state index contributed by atoms with van der Waals surface area (Å²) < 4.78 is 4.77. The number of hydrogen-bond donors (Lipinski definition) is 0. The molecule has 1 rings (SSSR count). The molecule has 0 saturated heterocycles. The average molecular weight is 127 g/mol. The van der Waals surface area contributed by atoms with Gasteiger partial charge in [0.25, 0.3) is 0 Å². The normalized spacial score (nSPS) is 9.62. The van der Waals surface area contributed by atoms with E-state index in [4.69, 9.17) is 4.74 Å². The molecule has 8 heavy (non-hydrogen) atoms. The summed E-state index contributed by atoms with van der Waals surface area (Å²) in [6.45, 7) is 1.73. The fraction of sp³-hybridized carbons (Fsp3) is 0.167. The maximum atomic E-state index is 4.77. The molecule has 0 saturated carbocycles. The Hall–Kier alpha value is -0.340. The van der Waals surface area contributed by atoms with E-state index in [0.29, 0.717) is 0 Å². The molecule has 0 aliphatic rings. The molecule has 1 nitrogen and oxygen atoms in total. The van der Waals surface area contributed by atoms with Crippen LogP contribution in [0.1, 0.15) is 4.88 Å². The summed E-state index contributed by atoms with van der Waals surface area (Å²) in [5.74, 6) is 0. The van der Waals surface area contributed by atoms with Gasteiger partial charge in [-0.05, 0) is 11.4 Å². The second-order valence-corrected chi connectivity index (χ2v) is 2.35. The van der Waals surface area contributed by atoms with Gasteiger partial charge in [-0.15, -0.1) is 11.3 Å². The van der Waals surface area contributed by atoms with Crippen molar-refractivity contribution in [1.29, 1.82) is 0 Å². The minimum Gasteiger partial charge on any atom is -0.373 e. The van der Waals surface area contributed by atoms with E-state index >= 15 is 0 Å². The second-order valence-electron chi connectivity index (χ2n) is 1.37. The van der Waals surface area contributed by atoms with Crippen LogP contribution in [0.5, 0.6) is 0 Å². The van der Waals surface area contributed by atoms with E-state index in [-0.39, 0.29) is 0 Å². The van der Waals surface area contributed by atoms with Gasteiger partial charge in [0.05, 0.1) is 0 Å². The van der Waals surface area contributed by atoms with Crippen LogP contribution in [-0.4, -0.2) is 7.11 Å². The summed E-state index contributed by atoms with van der Waals surface area (Å²) >= 11 is 1.67. The zero-order valence-corrected chi connectivity index (χ0v) is 5.44. The summed E-state index contributed by atoms with van der Waals surface area (Å²) in [7, 11) is 1.65. The van der Waals surface area contributed by atoms with E-state index in [1.807, 2.05) is 17.5 Å². The van der Waals surface area contributed by atoms with Crippen LogP contribution in [0.4, 0.5) is 0 Å². The predicted molar refractivity (Wildman–Crippen MR) is 34.7 cm³/mol. The largest absolute Gasteiger partial charge is 0.373 e. The van der Waals surface area contributed by atoms with Crippen molar-refractivity contribution in [3.05, 3.63) is 29.0 Å². The van der Waals surface area contributed by atoms with Gasteiger partial charge in [-0.3, -0.25) is 0 Å². The molecule has 43 valence electrons. The van der Waals surface area contributed by atoms with Gasteiger partial charge < -0.3 is 4.74 Å². The highest BCUT2D eigenvalue weighted by Crippen LogP contribution is 2.09. The van der Waals surface area contributed by atoms with Crippen LogP contribution in [0.15, 0.2) is 17.5 Å². The lowest BCUT2D eigenvalue weighted by molar-refractivity contribution is 0.294. The fourth-order valence-corrected chi connectivity index (χ4v) is 1.10. The quantitative estimate of drug-likeness (QED) is 0.589. The van der Waals surface area contributed by atoms with Crippen molar-refractivity contribution >= 4 is 11.3 Å². The van der Waals surface area contributed by atoms with Crippen molar-refractivity contribution < 1.29 is 4.74 Å². The van der Waals surface area contributed by atoms with Gasteiger partial charge in [0.15, 0.2) is 0 Å². The fourth-order valence-electron chi connectivity index (χ4n) is 0.474. The second kappa shape index (κ2) is 2.84. The number of rotatable bonds is 2. The van der Waals surface area contributed by atoms with E-state index < -0.39 is 0 Å². The van der Waals surface area contributed by atoms with Gasteiger partial charge in [0.2, 0.25) is 0 Å². The molecule has 0 atom stereocenters. The van der Waals surface area contributed by atoms with Crippen LogP contribution >= 0.6 is 11.3 Å². The molecule has 0 amide bonds. The molecule has 0 unspecified atom stereocenters. The van der Waals surface area contributed by atoms with Crippen molar-refractivity contribution in [2.45, 2.75) is 0 Å². The first-order chi connectivity index (χ1) is 3.93.